The van der Waals surface area contributed by atoms with Crippen molar-refractivity contribution in [2.45, 2.75) is 26.4 Å². The number of nitrogens with zero attached hydrogens (tertiary/aromatic N) is 5. The van der Waals surface area contributed by atoms with E-state index in [2.05, 4.69) is 15.0 Å². The van der Waals surface area contributed by atoms with Gasteiger partial charge < -0.3 is 14.5 Å². The predicted octanol–water partition coefficient (Wildman–Crippen LogP) is 1.91. The number of carbonyl (C=O) groups is 1. The molecule has 7 nitrogen and oxygen atoms in total. The Balaban J connectivity index is 1.68. The van der Waals surface area contributed by atoms with E-state index >= 15 is 0 Å². The second-order valence-corrected chi connectivity index (χ2v) is 7.21. The zero-order valence-corrected chi connectivity index (χ0v) is 15.1. The number of likely N-dealkylation sites (tertiary alicyclic amines) is 1. The Morgan fingerprint density at radius 3 is 2.75 bits per heavy atom. The molecule has 1 aliphatic heterocycles. The van der Waals surface area contributed by atoms with E-state index in [1.807, 2.05) is 37.7 Å². The van der Waals surface area contributed by atoms with Crippen molar-refractivity contribution in [3.05, 3.63) is 28.0 Å². The zero-order valence-electron chi connectivity index (χ0n) is 14.3. The average molecular weight is 347 g/mol. The summed E-state index contributed by atoms with van der Waals surface area (Å²) in [5, 5.41) is 0.915. The van der Waals surface area contributed by atoms with Gasteiger partial charge >= 0.3 is 0 Å². The molecule has 2 aromatic rings. The standard InChI is InChI=1S/C16H21N5O2S/c1-10-13(24-11(2)19-10)16(22)21-8-5-12(9-21)23-15-14(20(3)4)17-6-7-18-15/h6-7,12H,5,8-9H2,1-4H3. The minimum Gasteiger partial charge on any atom is -0.470 e. The summed E-state index contributed by atoms with van der Waals surface area (Å²) < 4.78 is 6.00. The van der Waals surface area contributed by atoms with E-state index in [1.165, 1.54) is 11.3 Å². The van der Waals surface area contributed by atoms with E-state index in [0.29, 0.717) is 24.8 Å². The van der Waals surface area contributed by atoms with Crippen molar-refractivity contribution in [3.63, 3.8) is 0 Å². The van der Waals surface area contributed by atoms with Crippen LogP contribution in [0.15, 0.2) is 12.4 Å². The van der Waals surface area contributed by atoms with Gasteiger partial charge in [0.2, 0.25) is 0 Å². The van der Waals surface area contributed by atoms with Gasteiger partial charge in [0.15, 0.2) is 5.82 Å². The van der Waals surface area contributed by atoms with Gasteiger partial charge in [-0.2, -0.15) is 0 Å². The fourth-order valence-electron chi connectivity index (χ4n) is 2.75. The molecule has 1 saturated heterocycles. The third kappa shape index (κ3) is 3.33. The predicted molar refractivity (Wildman–Crippen MR) is 92.9 cm³/mol. The van der Waals surface area contributed by atoms with Crippen molar-refractivity contribution in [1.82, 2.24) is 19.9 Å². The number of hydrogen-bond acceptors (Lipinski definition) is 7. The Bertz CT molecular complexity index is 746. The molecule has 0 aliphatic carbocycles. The van der Waals surface area contributed by atoms with Crippen molar-refractivity contribution in [2.24, 2.45) is 0 Å². The minimum absolute atomic E-state index is 0.0381. The van der Waals surface area contributed by atoms with Gasteiger partial charge in [-0.1, -0.05) is 0 Å². The lowest BCUT2D eigenvalue weighted by atomic mass is 10.3. The number of carbonyl (C=O) groups excluding carboxylic acids is 1. The van der Waals surface area contributed by atoms with Gasteiger partial charge in [-0.15, -0.1) is 11.3 Å². The smallest absolute Gasteiger partial charge is 0.265 e. The minimum atomic E-state index is -0.0707. The molecule has 1 atom stereocenters. The van der Waals surface area contributed by atoms with Crippen LogP contribution < -0.4 is 9.64 Å². The first-order valence-electron chi connectivity index (χ1n) is 7.84. The molecule has 128 valence electrons. The van der Waals surface area contributed by atoms with Gasteiger partial charge in [-0.25, -0.2) is 15.0 Å². The number of aromatic nitrogens is 3. The molecule has 2 aromatic heterocycles. The maximum absolute atomic E-state index is 12.7. The molecule has 1 amide bonds. The summed E-state index contributed by atoms with van der Waals surface area (Å²) in [4.78, 5) is 30.0. The second-order valence-electron chi connectivity index (χ2n) is 6.01. The molecular formula is C16H21N5O2S. The molecule has 0 radical (unpaired) electrons. The van der Waals surface area contributed by atoms with Gasteiger partial charge in [-0.05, 0) is 13.8 Å². The molecule has 0 N–H and O–H groups in total. The number of rotatable bonds is 4. The highest BCUT2D eigenvalue weighted by atomic mass is 32.1. The Kier molecular flexibility index (Phi) is 4.66. The van der Waals surface area contributed by atoms with Crippen molar-refractivity contribution in [3.8, 4) is 5.88 Å². The van der Waals surface area contributed by atoms with Crippen molar-refractivity contribution < 1.29 is 9.53 Å². The summed E-state index contributed by atoms with van der Waals surface area (Å²) in [5.74, 6) is 1.24. The molecule has 1 unspecified atom stereocenters. The first kappa shape index (κ1) is 16.6. The number of hydrogen-bond donors (Lipinski definition) is 0. The Morgan fingerprint density at radius 2 is 2.08 bits per heavy atom. The van der Waals surface area contributed by atoms with Crippen molar-refractivity contribution >= 4 is 23.1 Å². The summed E-state index contributed by atoms with van der Waals surface area (Å²) in [6, 6.07) is 0. The summed E-state index contributed by atoms with van der Waals surface area (Å²) in [5.41, 5.74) is 0.802. The summed E-state index contributed by atoms with van der Waals surface area (Å²) in [7, 11) is 3.80. The number of aryl methyl sites for hydroxylation is 2. The van der Waals surface area contributed by atoms with Gasteiger partial charge in [-0.3, -0.25) is 4.79 Å². The Morgan fingerprint density at radius 1 is 1.33 bits per heavy atom. The topological polar surface area (TPSA) is 71.5 Å². The Labute approximate surface area is 145 Å². The number of thiazole rings is 1. The maximum atomic E-state index is 12.7. The molecule has 0 saturated carbocycles. The molecule has 24 heavy (non-hydrogen) atoms. The summed E-state index contributed by atoms with van der Waals surface area (Å²) >= 11 is 1.45. The van der Waals surface area contributed by atoms with Crippen LogP contribution in [0.2, 0.25) is 0 Å². The van der Waals surface area contributed by atoms with Gasteiger partial charge in [0.25, 0.3) is 11.8 Å². The quantitative estimate of drug-likeness (QED) is 0.841. The van der Waals surface area contributed by atoms with Gasteiger partial charge in [0, 0.05) is 39.5 Å². The first-order valence-corrected chi connectivity index (χ1v) is 8.65. The molecule has 3 rings (SSSR count). The van der Waals surface area contributed by atoms with Crippen LogP contribution in [0.25, 0.3) is 0 Å². The normalized spacial score (nSPS) is 17.2. The van der Waals surface area contributed by atoms with Crippen LogP contribution in [0.1, 0.15) is 26.8 Å². The number of amides is 1. The van der Waals surface area contributed by atoms with Crippen molar-refractivity contribution in [1.29, 1.82) is 0 Å². The zero-order chi connectivity index (χ0) is 17.3. The molecule has 1 aliphatic rings. The van der Waals surface area contributed by atoms with E-state index in [4.69, 9.17) is 4.74 Å². The monoisotopic (exact) mass is 347 g/mol. The third-order valence-corrected chi connectivity index (χ3v) is 4.94. The van der Waals surface area contributed by atoms with Crippen LogP contribution in [0.3, 0.4) is 0 Å². The maximum Gasteiger partial charge on any atom is 0.265 e. The van der Waals surface area contributed by atoms with Gasteiger partial charge in [0.05, 0.1) is 17.2 Å². The second kappa shape index (κ2) is 6.72. The fourth-order valence-corrected chi connectivity index (χ4v) is 3.64. The molecular weight excluding hydrogens is 326 g/mol. The molecule has 8 heteroatoms. The third-order valence-electron chi connectivity index (χ3n) is 3.88. The van der Waals surface area contributed by atoms with Gasteiger partial charge in [0.1, 0.15) is 11.0 Å². The average Bonchev–Trinajstić information content (AvgIpc) is 3.13. The van der Waals surface area contributed by atoms with Crippen molar-refractivity contribution in [2.75, 3.05) is 32.1 Å². The summed E-state index contributed by atoms with van der Waals surface area (Å²) in [6.07, 6.45) is 3.97. The van der Waals surface area contributed by atoms with E-state index in [0.717, 1.165) is 22.0 Å². The van der Waals surface area contributed by atoms with E-state index in [-0.39, 0.29) is 12.0 Å². The molecule has 0 bridgehead atoms. The van der Waals surface area contributed by atoms with Crippen LogP contribution in [0.5, 0.6) is 5.88 Å². The van der Waals surface area contributed by atoms with E-state index < -0.39 is 0 Å². The lowest BCUT2D eigenvalue weighted by Gasteiger charge is -2.19. The lowest BCUT2D eigenvalue weighted by Crippen LogP contribution is -2.31. The summed E-state index contributed by atoms with van der Waals surface area (Å²) in [6.45, 7) is 5.03. The highest BCUT2D eigenvalue weighted by molar-refractivity contribution is 7.13. The highest BCUT2D eigenvalue weighted by Gasteiger charge is 2.31. The fraction of sp³-hybridized carbons (Fsp3) is 0.500. The van der Waals surface area contributed by atoms with Crippen LogP contribution in [0, 0.1) is 13.8 Å². The van der Waals surface area contributed by atoms with E-state index in [1.54, 1.807) is 12.4 Å². The number of ether oxygens (including phenoxy) is 1. The lowest BCUT2D eigenvalue weighted by molar-refractivity contribution is 0.0775. The molecule has 3 heterocycles. The highest BCUT2D eigenvalue weighted by Crippen LogP contribution is 2.26. The SMILES string of the molecule is Cc1nc(C)c(C(=O)N2CCC(Oc3nccnc3N(C)C)C2)s1. The van der Waals surface area contributed by atoms with Crippen LogP contribution >= 0.6 is 11.3 Å². The molecule has 1 fully saturated rings. The first-order chi connectivity index (χ1) is 11.5. The van der Waals surface area contributed by atoms with E-state index in [9.17, 15) is 4.79 Å². The van der Waals surface area contributed by atoms with Crippen LogP contribution in [0.4, 0.5) is 5.82 Å². The molecule has 0 aromatic carbocycles. The molecule has 0 spiro atoms. The van der Waals surface area contributed by atoms with Crippen LogP contribution in [-0.2, 0) is 0 Å². The largest absolute Gasteiger partial charge is 0.470 e. The Hall–Kier alpha value is -2.22. The van der Waals surface area contributed by atoms with Crippen LogP contribution in [-0.4, -0.2) is 59.0 Å². The number of anilines is 1.